The predicted molar refractivity (Wildman–Crippen MR) is 119 cm³/mol. The largest absolute Gasteiger partial charge is 0.356 e. The van der Waals surface area contributed by atoms with Crippen molar-refractivity contribution in [3.05, 3.63) is 35.9 Å². The van der Waals surface area contributed by atoms with Crippen LogP contribution in [-0.4, -0.2) is 50.0 Å². The molecule has 1 saturated carbocycles. The first-order valence-electron chi connectivity index (χ1n) is 9.23. The van der Waals surface area contributed by atoms with Gasteiger partial charge in [-0.1, -0.05) is 37.3 Å². The van der Waals surface area contributed by atoms with Gasteiger partial charge in [0.1, 0.15) is 6.54 Å². The summed E-state index contributed by atoms with van der Waals surface area (Å²) < 4.78 is 0. The van der Waals surface area contributed by atoms with Crippen LogP contribution in [0.1, 0.15) is 38.7 Å². The Morgan fingerprint density at radius 1 is 1.27 bits per heavy atom. The van der Waals surface area contributed by atoms with E-state index in [1.54, 1.807) is 19.0 Å². The first kappa shape index (κ1) is 22.7. The average molecular weight is 472 g/mol. The van der Waals surface area contributed by atoms with E-state index in [-0.39, 0.29) is 36.4 Å². The van der Waals surface area contributed by atoms with E-state index in [0.717, 1.165) is 25.3 Å². The van der Waals surface area contributed by atoms with Crippen LogP contribution in [0.15, 0.2) is 35.3 Å². The molecule has 146 valence electrons. The Balaban J connectivity index is 0.00000338. The molecular weight excluding hydrogens is 439 g/mol. The van der Waals surface area contributed by atoms with Gasteiger partial charge in [0, 0.05) is 26.7 Å². The fourth-order valence-electron chi connectivity index (χ4n) is 2.67. The molecule has 1 aliphatic rings. The number of hydrogen-bond donors (Lipinski definition) is 2. The normalized spacial score (nSPS) is 16.2. The van der Waals surface area contributed by atoms with Crippen molar-refractivity contribution in [2.45, 2.75) is 45.6 Å². The number of nitrogens with zero attached hydrogens (tertiary/aromatic N) is 2. The summed E-state index contributed by atoms with van der Waals surface area (Å²) in [5.74, 6) is 0.750. The van der Waals surface area contributed by atoms with Crippen LogP contribution in [0.2, 0.25) is 0 Å². The van der Waals surface area contributed by atoms with Gasteiger partial charge in [0.2, 0.25) is 5.91 Å². The lowest BCUT2D eigenvalue weighted by Crippen LogP contribution is -2.45. The van der Waals surface area contributed by atoms with Crippen molar-refractivity contribution in [1.29, 1.82) is 0 Å². The second-order valence-electron chi connectivity index (χ2n) is 7.42. The topological polar surface area (TPSA) is 56.7 Å². The molecule has 0 aliphatic heterocycles. The predicted octanol–water partition coefficient (Wildman–Crippen LogP) is 3.05. The fourth-order valence-corrected chi connectivity index (χ4v) is 2.67. The Kier molecular flexibility index (Phi) is 9.39. The summed E-state index contributed by atoms with van der Waals surface area (Å²) in [5, 5.41) is 6.86. The highest BCUT2D eigenvalue weighted by Crippen LogP contribution is 2.47. The van der Waals surface area contributed by atoms with Gasteiger partial charge in [-0.25, -0.2) is 4.99 Å². The molecule has 26 heavy (non-hydrogen) atoms. The number of carbonyl (C=O) groups is 1. The molecule has 0 saturated heterocycles. The van der Waals surface area contributed by atoms with Crippen LogP contribution in [0.25, 0.3) is 0 Å². The van der Waals surface area contributed by atoms with E-state index < -0.39 is 0 Å². The number of rotatable bonds is 8. The van der Waals surface area contributed by atoms with Crippen LogP contribution in [0.4, 0.5) is 0 Å². The van der Waals surface area contributed by atoms with Gasteiger partial charge in [-0.2, -0.15) is 0 Å². The molecule has 2 rings (SSSR count). The molecule has 6 heteroatoms. The molecule has 2 N–H and O–H groups in total. The van der Waals surface area contributed by atoms with E-state index in [2.05, 4.69) is 59.8 Å². The highest BCUT2D eigenvalue weighted by atomic mass is 127. The molecule has 1 fully saturated rings. The van der Waals surface area contributed by atoms with Crippen molar-refractivity contribution in [2.75, 3.05) is 27.2 Å². The second kappa shape index (κ2) is 10.7. The molecule has 1 aromatic carbocycles. The smallest absolute Gasteiger partial charge is 0.243 e. The number of nitrogens with one attached hydrogen (secondary N) is 2. The zero-order chi connectivity index (χ0) is 18.3. The van der Waals surface area contributed by atoms with Crippen molar-refractivity contribution in [2.24, 2.45) is 10.4 Å². The number of halogens is 1. The lowest BCUT2D eigenvalue weighted by Gasteiger charge is -2.21. The number of hydrogen-bond acceptors (Lipinski definition) is 2. The van der Waals surface area contributed by atoms with Gasteiger partial charge in [-0.3, -0.25) is 4.79 Å². The Labute approximate surface area is 175 Å². The van der Waals surface area contributed by atoms with Gasteiger partial charge in [-0.15, -0.1) is 24.0 Å². The van der Waals surface area contributed by atoms with Crippen molar-refractivity contribution >= 4 is 35.8 Å². The van der Waals surface area contributed by atoms with Gasteiger partial charge in [0.25, 0.3) is 0 Å². The average Bonchev–Trinajstić information content (AvgIpc) is 3.37. The number of aliphatic imine (C=N–C) groups is 1. The Morgan fingerprint density at radius 3 is 2.46 bits per heavy atom. The maximum absolute atomic E-state index is 11.8. The molecule has 1 aromatic rings. The number of guanidine groups is 1. The fraction of sp³-hybridized carbons (Fsp3) is 0.600. The van der Waals surface area contributed by atoms with Crippen molar-refractivity contribution in [1.82, 2.24) is 15.5 Å². The molecule has 0 aromatic heterocycles. The van der Waals surface area contributed by atoms with Crippen LogP contribution in [0, 0.1) is 5.41 Å². The highest BCUT2D eigenvalue weighted by molar-refractivity contribution is 14.0. The van der Waals surface area contributed by atoms with Crippen LogP contribution < -0.4 is 10.6 Å². The summed E-state index contributed by atoms with van der Waals surface area (Å²) >= 11 is 0. The summed E-state index contributed by atoms with van der Waals surface area (Å²) in [5.41, 5.74) is 1.71. The van der Waals surface area contributed by atoms with E-state index >= 15 is 0 Å². The van der Waals surface area contributed by atoms with Crippen LogP contribution in [0.3, 0.4) is 0 Å². The van der Waals surface area contributed by atoms with Crippen LogP contribution in [0.5, 0.6) is 0 Å². The highest BCUT2D eigenvalue weighted by Gasteiger charge is 2.42. The van der Waals surface area contributed by atoms with Crippen molar-refractivity contribution in [3.8, 4) is 0 Å². The maximum Gasteiger partial charge on any atom is 0.243 e. The lowest BCUT2D eigenvalue weighted by atomic mass is 9.96. The standard InChI is InChI=1S/C20H32N4O.HI/c1-5-16(2)23-19(21-14-18(25)24(3)4)22-15-20(11-12-20)13-17-9-7-6-8-10-17;/h6-10,16H,5,11-15H2,1-4H3,(H2,21,22,23);1H. The Morgan fingerprint density at radius 2 is 1.92 bits per heavy atom. The third kappa shape index (κ3) is 7.51. The number of likely N-dealkylation sites (N-methyl/N-ethyl adjacent to an activating group) is 1. The van der Waals surface area contributed by atoms with Crippen LogP contribution >= 0.6 is 24.0 Å². The molecule has 1 atom stereocenters. The summed E-state index contributed by atoms with van der Waals surface area (Å²) in [7, 11) is 3.51. The number of amides is 1. The zero-order valence-corrected chi connectivity index (χ0v) is 18.7. The third-order valence-corrected chi connectivity index (χ3v) is 4.88. The molecule has 0 bridgehead atoms. The molecule has 0 spiro atoms. The van der Waals surface area contributed by atoms with E-state index in [1.807, 2.05) is 0 Å². The molecular formula is C20H33IN4O. The van der Waals surface area contributed by atoms with E-state index in [0.29, 0.717) is 11.5 Å². The first-order valence-corrected chi connectivity index (χ1v) is 9.23. The molecule has 0 radical (unpaired) electrons. The Hall–Kier alpha value is -1.31. The lowest BCUT2D eigenvalue weighted by molar-refractivity contribution is -0.127. The Bertz CT molecular complexity index is 585. The molecule has 0 heterocycles. The van der Waals surface area contributed by atoms with E-state index in [9.17, 15) is 4.79 Å². The minimum absolute atomic E-state index is 0. The van der Waals surface area contributed by atoms with Gasteiger partial charge >= 0.3 is 0 Å². The summed E-state index contributed by atoms with van der Waals surface area (Å²) in [6.45, 7) is 5.32. The monoisotopic (exact) mass is 472 g/mol. The molecule has 1 amide bonds. The van der Waals surface area contributed by atoms with Crippen molar-refractivity contribution in [3.63, 3.8) is 0 Å². The maximum atomic E-state index is 11.8. The molecule has 1 unspecified atom stereocenters. The number of carbonyl (C=O) groups excluding carboxylic acids is 1. The van der Waals surface area contributed by atoms with Crippen molar-refractivity contribution < 1.29 is 4.79 Å². The summed E-state index contributed by atoms with van der Waals surface area (Å²) in [6.07, 6.45) is 4.58. The quantitative estimate of drug-likeness (QED) is 0.348. The second-order valence-corrected chi connectivity index (χ2v) is 7.42. The first-order chi connectivity index (χ1) is 11.9. The van der Waals surface area contributed by atoms with Crippen LogP contribution in [-0.2, 0) is 11.2 Å². The summed E-state index contributed by atoms with van der Waals surface area (Å²) in [4.78, 5) is 17.9. The summed E-state index contributed by atoms with van der Waals surface area (Å²) in [6, 6.07) is 11.0. The third-order valence-electron chi connectivity index (χ3n) is 4.88. The molecule has 1 aliphatic carbocycles. The SMILES string of the molecule is CCC(C)NC(=NCC(=O)N(C)C)NCC1(Cc2ccccc2)CC1.I. The van der Waals surface area contributed by atoms with Gasteiger partial charge in [-0.05, 0) is 43.6 Å². The van der Waals surface area contributed by atoms with E-state index in [4.69, 9.17) is 0 Å². The minimum atomic E-state index is 0. The van der Waals surface area contributed by atoms with Gasteiger partial charge in [0.05, 0.1) is 0 Å². The number of benzene rings is 1. The van der Waals surface area contributed by atoms with Gasteiger partial charge < -0.3 is 15.5 Å². The van der Waals surface area contributed by atoms with Gasteiger partial charge in [0.15, 0.2) is 5.96 Å². The minimum Gasteiger partial charge on any atom is -0.356 e. The van der Waals surface area contributed by atoms with E-state index in [1.165, 1.54) is 18.4 Å². The molecule has 5 nitrogen and oxygen atoms in total. The zero-order valence-electron chi connectivity index (χ0n) is 16.4.